The Morgan fingerprint density at radius 2 is 1.27 bits per heavy atom. The first-order chi connectivity index (χ1) is 22.6. The van der Waals surface area contributed by atoms with E-state index in [-0.39, 0.29) is 23.1 Å². The van der Waals surface area contributed by atoms with Crippen LogP contribution in [0.15, 0.2) is 83.7 Å². The summed E-state index contributed by atoms with van der Waals surface area (Å²) in [5.74, 6) is -4.25. The number of carbonyl (C=O) groups excluding carboxylic acids is 4. The second kappa shape index (κ2) is 11.9. The summed E-state index contributed by atoms with van der Waals surface area (Å²) in [4.78, 5) is 53.6. The average molecular weight is 663 g/mol. The van der Waals surface area contributed by atoms with Crippen LogP contribution in [0.2, 0.25) is 0 Å². The number of rotatable bonds is 7. The minimum Gasteiger partial charge on any atom is -0.472 e. The Morgan fingerprint density at radius 3 is 1.81 bits per heavy atom. The molecular formula is C36H38O12. The van der Waals surface area contributed by atoms with Crippen LogP contribution in [0, 0.1) is 11.3 Å². The second-order valence-corrected chi connectivity index (χ2v) is 13.6. The van der Waals surface area contributed by atoms with Gasteiger partial charge in [0.1, 0.15) is 36.3 Å². The summed E-state index contributed by atoms with van der Waals surface area (Å²) in [6, 6.07) is 17.6. The molecular weight excluding hydrogens is 624 g/mol. The van der Waals surface area contributed by atoms with Gasteiger partial charge in [-0.2, -0.15) is 0 Å². The van der Waals surface area contributed by atoms with Gasteiger partial charge in [-0.25, -0.2) is 14.4 Å². The lowest BCUT2D eigenvalue weighted by Crippen LogP contribution is -2.83. The van der Waals surface area contributed by atoms with Crippen molar-refractivity contribution < 1.29 is 57.5 Å². The third-order valence-corrected chi connectivity index (χ3v) is 10.1. The molecule has 254 valence electrons. The Kier molecular flexibility index (Phi) is 8.25. The number of esters is 4. The first kappa shape index (κ1) is 33.4. The molecule has 2 N–H and O–H groups in total. The largest absolute Gasteiger partial charge is 0.472 e. The van der Waals surface area contributed by atoms with E-state index in [1.54, 1.807) is 62.4 Å². The Bertz CT molecular complexity index is 1680. The van der Waals surface area contributed by atoms with Crippen LogP contribution in [0.4, 0.5) is 0 Å². The molecule has 2 saturated carbocycles. The van der Waals surface area contributed by atoms with Crippen LogP contribution in [0.1, 0.15) is 72.1 Å². The van der Waals surface area contributed by atoms with Crippen molar-refractivity contribution in [3.05, 3.63) is 95.9 Å². The SMILES string of the molecule is CC(=O)O[C@@H]1[C@H](O)[C@@H]2[C@@H](OC(=O)c3ccoc3)[C@@]3(OC2(C)C)[C@@]1(C)[C@@H](OC(=O)c1ccccc1)[C@@H](OC(=O)c1ccccc1)C[C@]3(C)O. The summed E-state index contributed by atoms with van der Waals surface area (Å²) in [6.45, 7) is 7.42. The fourth-order valence-electron chi connectivity index (χ4n) is 8.26. The van der Waals surface area contributed by atoms with Crippen molar-refractivity contribution in [3.63, 3.8) is 0 Å². The van der Waals surface area contributed by atoms with Gasteiger partial charge < -0.3 is 38.3 Å². The van der Waals surface area contributed by atoms with Crippen LogP contribution in [-0.2, 0) is 28.5 Å². The second-order valence-electron chi connectivity index (χ2n) is 13.6. The maximum atomic E-state index is 13.8. The fraction of sp³-hybridized carbons (Fsp3) is 0.444. The molecule has 2 bridgehead atoms. The van der Waals surface area contributed by atoms with E-state index in [0.29, 0.717) is 0 Å². The minimum absolute atomic E-state index is 0.0686. The van der Waals surface area contributed by atoms with Gasteiger partial charge in [-0.15, -0.1) is 0 Å². The Balaban J connectivity index is 1.56. The molecule has 2 aromatic carbocycles. The van der Waals surface area contributed by atoms with Gasteiger partial charge in [-0.05, 0) is 58.0 Å². The van der Waals surface area contributed by atoms with E-state index in [0.717, 1.165) is 6.92 Å². The van der Waals surface area contributed by atoms with E-state index in [9.17, 15) is 29.4 Å². The molecule has 9 atom stereocenters. The number of benzene rings is 2. The summed E-state index contributed by atoms with van der Waals surface area (Å²) in [5, 5.41) is 24.8. The number of hydrogen-bond acceptors (Lipinski definition) is 12. The highest BCUT2D eigenvalue weighted by atomic mass is 16.6. The van der Waals surface area contributed by atoms with Gasteiger partial charge in [0.05, 0.1) is 45.5 Å². The normalized spacial score (nSPS) is 34.7. The molecule has 0 unspecified atom stereocenters. The van der Waals surface area contributed by atoms with Crippen LogP contribution < -0.4 is 0 Å². The predicted molar refractivity (Wildman–Crippen MR) is 165 cm³/mol. The van der Waals surface area contributed by atoms with Crippen molar-refractivity contribution in [3.8, 4) is 0 Å². The molecule has 2 heterocycles. The average Bonchev–Trinajstić information content (AvgIpc) is 3.65. The molecule has 3 fully saturated rings. The third-order valence-electron chi connectivity index (χ3n) is 10.1. The maximum Gasteiger partial charge on any atom is 0.341 e. The molecule has 0 radical (unpaired) electrons. The molecule has 6 rings (SSSR count). The van der Waals surface area contributed by atoms with E-state index >= 15 is 0 Å². The van der Waals surface area contributed by atoms with Crippen LogP contribution in [0.5, 0.6) is 0 Å². The van der Waals surface area contributed by atoms with Crippen molar-refractivity contribution in [1.29, 1.82) is 0 Å². The highest BCUT2D eigenvalue weighted by Crippen LogP contribution is 2.69. The standard InChI is InChI=1S/C36H38O12/c1-20(37)44-29-26(38)25-28(47-32(41)23-16-17-43-19-23)36(48-33(25,2)3)34(4,42)18-24(45-30(39)21-12-8-6-9-13-21)27(35(29,36)5)46-31(40)22-14-10-7-11-15-22/h6-17,19,24-29,38,42H,18H2,1-5H3/t24-,25+,26+,27-,28+,29+,34-,35-,36-/m0/s1. The van der Waals surface area contributed by atoms with Crippen LogP contribution >= 0.6 is 0 Å². The molecule has 3 aliphatic rings. The Morgan fingerprint density at radius 1 is 0.729 bits per heavy atom. The third kappa shape index (κ3) is 5.10. The molecule has 3 aromatic rings. The first-order valence-corrected chi connectivity index (χ1v) is 15.7. The Hall–Kier alpha value is -4.52. The molecule has 1 saturated heterocycles. The van der Waals surface area contributed by atoms with Crippen LogP contribution in [-0.4, -0.2) is 81.4 Å². The van der Waals surface area contributed by atoms with Crippen molar-refractivity contribution in [2.45, 2.75) is 88.4 Å². The van der Waals surface area contributed by atoms with Gasteiger partial charge >= 0.3 is 23.9 Å². The number of ether oxygens (including phenoxy) is 5. The molecule has 1 spiro atoms. The van der Waals surface area contributed by atoms with Gasteiger partial charge in [-0.1, -0.05) is 36.4 Å². The van der Waals surface area contributed by atoms with Crippen molar-refractivity contribution in [2.24, 2.45) is 11.3 Å². The van der Waals surface area contributed by atoms with E-state index in [1.165, 1.54) is 44.6 Å². The number of fused-ring (bicyclic) bond motifs is 1. The number of furan rings is 1. The summed E-state index contributed by atoms with van der Waals surface area (Å²) < 4.78 is 36.1. The lowest BCUT2D eigenvalue weighted by molar-refractivity contribution is -0.349. The minimum atomic E-state index is -2.02. The monoisotopic (exact) mass is 662 g/mol. The zero-order valence-electron chi connectivity index (χ0n) is 27.2. The van der Waals surface area contributed by atoms with Gasteiger partial charge in [0.25, 0.3) is 0 Å². The lowest BCUT2D eigenvalue weighted by atomic mass is 9.46. The summed E-state index contributed by atoms with van der Waals surface area (Å²) in [6.07, 6.45) is -5.25. The molecule has 1 aliphatic heterocycles. The van der Waals surface area contributed by atoms with Crippen LogP contribution in [0.3, 0.4) is 0 Å². The van der Waals surface area contributed by atoms with Crippen LogP contribution in [0.25, 0.3) is 0 Å². The van der Waals surface area contributed by atoms with Crippen molar-refractivity contribution in [2.75, 3.05) is 0 Å². The number of aliphatic hydroxyl groups is 2. The van der Waals surface area contributed by atoms with Crippen molar-refractivity contribution in [1.82, 2.24) is 0 Å². The van der Waals surface area contributed by atoms with Gasteiger partial charge in [0.2, 0.25) is 0 Å². The summed E-state index contributed by atoms with van der Waals surface area (Å²) >= 11 is 0. The highest BCUT2D eigenvalue weighted by molar-refractivity contribution is 5.91. The molecule has 0 amide bonds. The zero-order valence-corrected chi connectivity index (χ0v) is 27.2. The summed E-state index contributed by atoms with van der Waals surface area (Å²) in [5.41, 5.74) is -6.83. The summed E-state index contributed by atoms with van der Waals surface area (Å²) in [7, 11) is 0. The molecule has 1 aromatic heterocycles. The zero-order chi connectivity index (χ0) is 34.6. The number of hydrogen-bond donors (Lipinski definition) is 2. The maximum absolute atomic E-state index is 13.8. The van der Waals surface area contributed by atoms with E-state index in [2.05, 4.69) is 0 Å². The highest BCUT2D eigenvalue weighted by Gasteiger charge is 2.86. The predicted octanol–water partition coefficient (Wildman–Crippen LogP) is 3.89. The van der Waals surface area contributed by atoms with E-state index in [4.69, 9.17) is 28.1 Å². The Labute approximate surface area is 276 Å². The molecule has 12 nitrogen and oxygen atoms in total. The lowest BCUT2D eigenvalue weighted by Gasteiger charge is -2.65. The molecule has 12 heteroatoms. The van der Waals surface area contributed by atoms with Gasteiger partial charge in [-0.3, -0.25) is 4.79 Å². The smallest absolute Gasteiger partial charge is 0.341 e. The molecule has 48 heavy (non-hydrogen) atoms. The van der Waals surface area contributed by atoms with Gasteiger partial charge in [0.15, 0.2) is 6.10 Å². The number of carbonyl (C=O) groups is 4. The van der Waals surface area contributed by atoms with E-state index in [1.807, 2.05) is 0 Å². The van der Waals surface area contributed by atoms with E-state index < -0.39 is 82.5 Å². The first-order valence-electron chi connectivity index (χ1n) is 15.7. The number of aliphatic hydroxyl groups excluding tert-OH is 1. The topological polar surface area (TPSA) is 168 Å². The fourth-order valence-corrected chi connectivity index (χ4v) is 8.26. The van der Waals surface area contributed by atoms with Gasteiger partial charge in [0, 0.05) is 13.3 Å². The van der Waals surface area contributed by atoms with Crippen molar-refractivity contribution >= 4 is 23.9 Å². The quantitative estimate of drug-likeness (QED) is 0.277. The molecule has 2 aliphatic carbocycles.